The molecule has 0 bridgehead atoms. The number of benzene rings is 1. The number of carbonyl (C=O) groups is 1. The summed E-state index contributed by atoms with van der Waals surface area (Å²) in [6.07, 6.45) is 0. The van der Waals surface area contributed by atoms with E-state index in [0.29, 0.717) is 17.1 Å². The van der Waals surface area contributed by atoms with Crippen molar-refractivity contribution in [2.24, 2.45) is 0 Å². The first kappa shape index (κ1) is 15.3. The summed E-state index contributed by atoms with van der Waals surface area (Å²) in [6, 6.07) is 2.07. The molecule has 2 rings (SSSR count). The molecule has 0 fully saturated rings. The maximum absolute atomic E-state index is 12.5. The third-order valence-corrected chi connectivity index (χ3v) is 3.21. The predicted octanol–water partition coefficient (Wildman–Crippen LogP) is 1.92. The average Bonchev–Trinajstić information content (AvgIpc) is 2.84. The van der Waals surface area contributed by atoms with Crippen molar-refractivity contribution in [3.8, 4) is 17.2 Å². The highest BCUT2D eigenvalue weighted by Crippen LogP contribution is 2.39. The molecule has 116 valence electrons. The molecular weight excluding hydrogens is 288 g/mol. The minimum absolute atomic E-state index is 0.00821. The van der Waals surface area contributed by atoms with Crippen LogP contribution in [0.1, 0.15) is 12.5 Å². The van der Waals surface area contributed by atoms with Crippen LogP contribution in [0.15, 0.2) is 12.1 Å². The molecule has 0 aromatic heterocycles. The van der Waals surface area contributed by atoms with Crippen LogP contribution in [0, 0.1) is 0 Å². The minimum Gasteiger partial charge on any atom is -0.480 e. The lowest BCUT2D eigenvalue weighted by atomic mass is 10.1. The molecule has 0 saturated heterocycles. The number of aliphatic carboxylic acids is 1. The number of alkyl halides is 2. The van der Waals surface area contributed by atoms with Crippen LogP contribution in [0.3, 0.4) is 0 Å². The van der Waals surface area contributed by atoms with Crippen LogP contribution in [0.25, 0.3) is 0 Å². The zero-order valence-corrected chi connectivity index (χ0v) is 11.5. The molecule has 0 spiro atoms. The zero-order chi connectivity index (χ0) is 15.6. The van der Waals surface area contributed by atoms with E-state index in [1.807, 2.05) is 0 Å². The fraction of sp³-hybridized carbons (Fsp3) is 0.462. The van der Waals surface area contributed by atoms with E-state index in [1.54, 1.807) is 7.05 Å². The number of likely N-dealkylation sites (N-methyl/N-ethyl adjacent to an activating group) is 1. The first-order valence-corrected chi connectivity index (χ1v) is 6.19. The summed E-state index contributed by atoms with van der Waals surface area (Å²) < 4.78 is 39.7. The number of halogens is 2. The molecule has 0 saturated carbocycles. The quantitative estimate of drug-likeness (QED) is 0.866. The van der Waals surface area contributed by atoms with Gasteiger partial charge in [0.2, 0.25) is 6.79 Å². The standard InChI is InChI=1S/C13H15F2NO5/c1-7(12(17)18)16(2)5-8-3-10-11(20-6-19-10)4-9(8)21-13(14)15/h3-4,7,13H,5-6H2,1-2H3,(H,17,18). The molecule has 8 heteroatoms. The smallest absolute Gasteiger partial charge is 0.387 e. The Morgan fingerprint density at radius 3 is 2.62 bits per heavy atom. The van der Waals surface area contributed by atoms with Crippen molar-refractivity contribution in [2.75, 3.05) is 13.8 Å². The lowest BCUT2D eigenvalue weighted by Crippen LogP contribution is -2.35. The Hall–Kier alpha value is -2.09. The molecule has 0 amide bonds. The number of hydrogen-bond donors (Lipinski definition) is 1. The highest BCUT2D eigenvalue weighted by Gasteiger charge is 2.23. The summed E-state index contributed by atoms with van der Waals surface area (Å²) in [5.74, 6) is -0.320. The van der Waals surface area contributed by atoms with E-state index in [1.165, 1.54) is 24.0 Å². The second kappa shape index (κ2) is 6.13. The van der Waals surface area contributed by atoms with Gasteiger partial charge in [-0.2, -0.15) is 8.78 Å². The Kier molecular flexibility index (Phi) is 4.46. The van der Waals surface area contributed by atoms with Gasteiger partial charge in [-0.3, -0.25) is 9.69 Å². The second-order valence-corrected chi connectivity index (χ2v) is 4.62. The number of fused-ring (bicyclic) bond motifs is 1. The van der Waals surface area contributed by atoms with Gasteiger partial charge in [0, 0.05) is 18.2 Å². The lowest BCUT2D eigenvalue weighted by Gasteiger charge is -2.22. The third kappa shape index (κ3) is 3.52. The monoisotopic (exact) mass is 303 g/mol. The van der Waals surface area contributed by atoms with Gasteiger partial charge in [-0.25, -0.2) is 0 Å². The summed E-state index contributed by atoms with van der Waals surface area (Å²) in [4.78, 5) is 12.4. The average molecular weight is 303 g/mol. The first-order valence-electron chi connectivity index (χ1n) is 6.19. The fourth-order valence-corrected chi connectivity index (χ4v) is 1.89. The molecule has 1 atom stereocenters. The van der Waals surface area contributed by atoms with E-state index >= 15 is 0 Å². The van der Waals surface area contributed by atoms with Crippen LogP contribution in [0.2, 0.25) is 0 Å². The van der Waals surface area contributed by atoms with Crippen molar-refractivity contribution >= 4 is 5.97 Å². The number of hydrogen-bond acceptors (Lipinski definition) is 5. The van der Waals surface area contributed by atoms with E-state index in [2.05, 4.69) is 4.74 Å². The minimum atomic E-state index is -2.98. The van der Waals surface area contributed by atoms with Gasteiger partial charge < -0.3 is 19.3 Å². The van der Waals surface area contributed by atoms with Gasteiger partial charge in [0.05, 0.1) is 0 Å². The third-order valence-electron chi connectivity index (χ3n) is 3.21. The molecular formula is C13H15F2NO5. The van der Waals surface area contributed by atoms with Crippen molar-refractivity contribution in [3.05, 3.63) is 17.7 Å². The van der Waals surface area contributed by atoms with Gasteiger partial charge in [-0.15, -0.1) is 0 Å². The molecule has 21 heavy (non-hydrogen) atoms. The van der Waals surface area contributed by atoms with Crippen molar-refractivity contribution < 1.29 is 32.9 Å². The second-order valence-electron chi connectivity index (χ2n) is 4.62. The van der Waals surface area contributed by atoms with Gasteiger partial charge in [0.15, 0.2) is 11.5 Å². The van der Waals surface area contributed by atoms with E-state index in [0.717, 1.165) is 0 Å². The predicted molar refractivity (Wildman–Crippen MR) is 67.8 cm³/mol. The Morgan fingerprint density at radius 1 is 1.43 bits per heavy atom. The van der Waals surface area contributed by atoms with Crippen LogP contribution < -0.4 is 14.2 Å². The van der Waals surface area contributed by atoms with Crippen molar-refractivity contribution in [1.29, 1.82) is 0 Å². The normalized spacial score (nSPS) is 14.6. The summed E-state index contributed by atoms with van der Waals surface area (Å²) in [5.41, 5.74) is 0.398. The Balaban J connectivity index is 2.26. The van der Waals surface area contributed by atoms with Gasteiger partial charge in [0.1, 0.15) is 11.8 Å². The molecule has 1 aromatic rings. The van der Waals surface area contributed by atoms with Crippen LogP contribution in [-0.4, -0.2) is 42.5 Å². The first-order chi connectivity index (χ1) is 9.88. The van der Waals surface area contributed by atoms with Crippen molar-refractivity contribution in [2.45, 2.75) is 26.1 Å². The molecule has 1 aromatic carbocycles. The van der Waals surface area contributed by atoms with Crippen molar-refractivity contribution in [3.63, 3.8) is 0 Å². The van der Waals surface area contributed by atoms with Crippen LogP contribution >= 0.6 is 0 Å². The molecule has 1 aliphatic heterocycles. The Bertz CT molecular complexity index is 538. The Morgan fingerprint density at radius 2 is 2.05 bits per heavy atom. The van der Waals surface area contributed by atoms with Crippen LogP contribution in [-0.2, 0) is 11.3 Å². The number of carboxylic acids is 1. The van der Waals surface area contributed by atoms with E-state index in [9.17, 15) is 13.6 Å². The van der Waals surface area contributed by atoms with Crippen LogP contribution in [0.5, 0.6) is 17.2 Å². The van der Waals surface area contributed by atoms with E-state index in [4.69, 9.17) is 14.6 Å². The van der Waals surface area contributed by atoms with Crippen molar-refractivity contribution in [1.82, 2.24) is 4.90 Å². The molecule has 1 aliphatic rings. The summed E-state index contributed by atoms with van der Waals surface area (Å²) in [6.45, 7) is -1.35. The SMILES string of the molecule is CC(C(=O)O)N(C)Cc1cc2c(cc1OC(F)F)OCO2. The maximum atomic E-state index is 12.5. The van der Waals surface area contributed by atoms with Crippen LogP contribution in [0.4, 0.5) is 8.78 Å². The number of nitrogens with zero attached hydrogens (tertiary/aromatic N) is 1. The van der Waals surface area contributed by atoms with Gasteiger partial charge in [-0.05, 0) is 20.0 Å². The molecule has 0 radical (unpaired) electrons. The summed E-state index contributed by atoms with van der Waals surface area (Å²) in [7, 11) is 1.58. The zero-order valence-electron chi connectivity index (χ0n) is 11.5. The van der Waals surface area contributed by atoms with Gasteiger partial charge in [-0.1, -0.05) is 0 Å². The maximum Gasteiger partial charge on any atom is 0.387 e. The molecule has 1 N–H and O–H groups in total. The number of ether oxygens (including phenoxy) is 3. The highest BCUT2D eigenvalue weighted by molar-refractivity contribution is 5.72. The summed E-state index contributed by atoms with van der Waals surface area (Å²) in [5, 5.41) is 8.96. The van der Waals surface area contributed by atoms with E-state index < -0.39 is 18.6 Å². The molecule has 6 nitrogen and oxygen atoms in total. The summed E-state index contributed by atoms with van der Waals surface area (Å²) >= 11 is 0. The topological polar surface area (TPSA) is 68.2 Å². The molecule has 0 aliphatic carbocycles. The van der Waals surface area contributed by atoms with Gasteiger partial charge in [0.25, 0.3) is 0 Å². The Labute approximate surface area is 119 Å². The lowest BCUT2D eigenvalue weighted by molar-refractivity contribution is -0.142. The molecule has 1 unspecified atom stereocenters. The van der Waals surface area contributed by atoms with E-state index in [-0.39, 0.29) is 19.1 Å². The highest BCUT2D eigenvalue weighted by atomic mass is 19.3. The fourth-order valence-electron chi connectivity index (χ4n) is 1.89. The van der Waals surface area contributed by atoms with Gasteiger partial charge >= 0.3 is 12.6 Å². The number of carboxylic acid groups (broad SMARTS) is 1. The molecule has 1 heterocycles. The largest absolute Gasteiger partial charge is 0.480 e. The number of rotatable bonds is 6.